The number of hydrogen-bond donors (Lipinski definition) is 0. The number of hydrogen-bond acceptors (Lipinski definition) is 2. The van der Waals surface area contributed by atoms with Gasteiger partial charge in [0, 0.05) is 18.0 Å². The van der Waals surface area contributed by atoms with Crippen molar-refractivity contribution >= 4 is 26.8 Å². The Morgan fingerprint density at radius 1 is 1.12 bits per heavy atom. The summed E-state index contributed by atoms with van der Waals surface area (Å²) in [7, 11) is 0. The highest BCUT2D eigenvalue weighted by Gasteiger charge is 2.02. The first-order valence-electron chi connectivity index (χ1n) is 5.38. The molecule has 0 amide bonds. The lowest BCUT2D eigenvalue weighted by molar-refractivity contribution is 0.539. The molecule has 0 radical (unpaired) electrons. The second-order valence-electron chi connectivity index (χ2n) is 3.97. The van der Waals surface area contributed by atoms with Crippen molar-refractivity contribution in [2.45, 2.75) is 6.42 Å². The molecule has 0 aliphatic rings. The zero-order chi connectivity index (χ0) is 11.7. The van der Waals surface area contributed by atoms with Crippen LogP contribution in [0, 0.1) is 0 Å². The molecule has 2 nitrogen and oxygen atoms in total. The third-order valence-electron chi connectivity index (χ3n) is 2.70. The smallest absolute Gasteiger partial charge is 0.169 e. The third kappa shape index (κ3) is 2.24. The fraction of sp³-hybridized carbons (Fsp3) is 0.0714. The van der Waals surface area contributed by atoms with Crippen LogP contribution in [-0.4, -0.2) is 4.98 Å². The highest BCUT2D eigenvalue weighted by Crippen LogP contribution is 2.19. The van der Waals surface area contributed by atoms with Gasteiger partial charge < -0.3 is 4.42 Å². The van der Waals surface area contributed by atoms with Gasteiger partial charge in [0.1, 0.15) is 0 Å². The molecule has 0 aliphatic heterocycles. The van der Waals surface area contributed by atoms with Crippen molar-refractivity contribution < 1.29 is 4.42 Å². The number of rotatable bonds is 2. The normalized spacial score (nSPS) is 10.9. The number of halogens is 1. The van der Waals surface area contributed by atoms with Gasteiger partial charge in [0.05, 0.1) is 11.8 Å². The lowest BCUT2D eigenvalue weighted by atomic mass is 10.1. The first kappa shape index (κ1) is 10.5. The molecule has 0 fully saturated rings. The van der Waals surface area contributed by atoms with E-state index in [4.69, 9.17) is 4.42 Å². The summed E-state index contributed by atoms with van der Waals surface area (Å²) in [6, 6.07) is 12.4. The highest BCUT2D eigenvalue weighted by molar-refractivity contribution is 9.10. The van der Waals surface area contributed by atoms with Gasteiger partial charge in [-0.3, -0.25) is 4.98 Å². The lowest BCUT2D eigenvalue weighted by Gasteiger charge is -2.01. The van der Waals surface area contributed by atoms with Crippen LogP contribution in [0.5, 0.6) is 0 Å². The zero-order valence-electron chi connectivity index (χ0n) is 9.06. The van der Waals surface area contributed by atoms with Crippen molar-refractivity contribution in [2.75, 3.05) is 0 Å². The summed E-state index contributed by atoms with van der Waals surface area (Å²) in [5.41, 5.74) is 3.46. The fourth-order valence-corrected chi connectivity index (χ4v) is 2.30. The standard InChI is InChI=1S/C14H10BrNO/c15-14-8-11(9-17-14)6-10-3-4-13-12(7-10)2-1-5-16-13/h1-5,7-9H,6H2. The summed E-state index contributed by atoms with van der Waals surface area (Å²) in [5.74, 6) is 0. The number of pyridine rings is 1. The number of nitrogens with zero attached hydrogens (tertiary/aromatic N) is 1. The van der Waals surface area contributed by atoms with E-state index in [0.29, 0.717) is 0 Å². The van der Waals surface area contributed by atoms with Crippen molar-refractivity contribution in [2.24, 2.45) is 0 Å². The largest absolute Gasteiger partial charge is 0.457 e. The maximum Gasteiger partial charge on any atom is 0.169 e. The first-order valence-corrected chi connectivity index (χ1v) is 6.17. The van der Waals surface area contributed by atoms with Gasteiger partial charge in [-0.25, -0.2) is 0 Å². The van der Waals surface area contributed by atoms with Crippen LogP contribution in [0.15, 0.2) is 57.9 Å². The van der Waals surface area contributed by atoms with E-state index in [2.05, 4.69) is 45.2 Å². The van der Waals surface area contributed by atoms with E-state index < -0.39 is 0 Å². The Hall–Kier alpha value is -1.61. The Balaban J connectivity index is 1.95. The lowest BCUT2D eigenvalue weighted by Crippen LogP contribution is -1.86. The van der Waals surface area contributed by atoms with Crippen LogP contribution in [0.25, 0.3) is 10.9 Å². The van der Waals surface area contributed by atoms with E-state index in [1.54, 1.807) is 6.26 Å². The van der Waals surface area contributed by atoms with Gasteiger partial charge in [0.2, 0.25) is 0 Å². The highest BCUT2D eigenvalue weighted by atomic mass is 79.9. The molecule has 0 atom stereocenters. The molecule has 84 valence electrons. The average molecular weight is 288 g/mol. The van der Waals surface area contributed by atoms with Gasteiger partial charge in [0.25, 0.3) is 0 Å². The van der Waals surface area contributed by atoms with E-state index >= 15 is 0 Å². The van der Waals surface area contributed by atoms with Gasteiger partial charge >= 0.3 is 0 Å². The minimum atomic E-state index is 0.773. The molecule has 3 rings (SSSR count). The molecule has 0 aliphatic carbocycles. The van der Waals surface area contributed by atoms with Crippen LogP contribution >= 0.6 is 15.9 Å². The van der Waals surface area contributed by atoms with Crippen molar-refractivity contribution in [3.63, 3.8) is 0 Å². The molecule has 1 aromatic carbocycles. The van der Waals surface area contributed by atoms with Crippen LogP contribution < -0.4 is 0 Å². The van der Waals surface area contributed by atoms with Gasteiger partial charge in [0.15, 0.2) is 4.67 Å². The second-order valence-corrected chi connectivity index (χ2v) is 4.75. The van der Waals surface area contributed by atoms with E-state index in [9.17, 15) is 0 Å². The van der Waals surface area contributed by atoms with Gasteiger partial charge in [-0.1, -0.05) is 12.1 Å². The molecule has 2 aromatic heterocycles. The Morgan fingerprint density at radius 3 is 2.88 bits per heavy atom. The summed E-state index contributed by atoms with van der Waals surface area (Å²) >= 11 is 3.31. The SMILES string of the molecule is Brc1cc(Cc2ccc3ncccc3c2)co1. The summed E-state index contributed by atoms with van der Waals surface area (Å²) in [4.78, 5) is 4.31. The van der Waals surface area contributed by atoms with E-state index in [1.165, 1.54) is 16.5 Å². The van der Waals surface area contributed by atoms with Crippen LogP contribution in [0.3, 0.4) is 0 Å². The topological polar surface area (TPSA) is 26.0 Å². The Bertz CT molecular complexity index is 660. The molecule has 0 spiro atoms. The maximum atomic E-state index is 5.23. The van der Waals surface area contributed by atoms with E-state index in [-0.39, 0.29) is 0 Å². The quantitative estimate of drug-likeness (QED) is 0.707. The van der Waals surface area contributed by atoms with E-state index in [1.807, 2.05) is 18.3 Å². The van der Waals surface area contributed by atoms with Crippen LogP contribution in [-0.2, 0) is 6.42 Å². The molecule has 0 saturated heterocycles. The van der Waals surface area contributed by atoms with Crippen molar-refractivity contribution in [1.29, 1.82) is 0 Å². The Labute approximate surface area is 107 Å². The second kappa shape index (κ2) is 4.34. The van der Waals surface area contributed by atoms with Crippen molar-refractivity contribution in [3.8, 4) is 0 Å². The van der Waals surface area contributed by atoms with Crippen LogP contribution in [0.4, 0.5) is 0 Å². The molecule has 3 aromatic rings. The van der Waals surface area contributed by atoms with Crippen LogP contribution in [0.2, 0.25) is 0 Å². The van der Waals surface area contributed by atoms with Gasteiger partial charge in [-0.2, -0.15) is 0 Å². The zero-order valence-corrected chi connectivity index (χ0v) is 10.6. The average Bonchev–Trinajstić information content (AvgIpc) is 2.75. The summed E-state index contributed by atoms with van der Waals surface area (Å²) in [6.45, 7) is 0. The Morgan fingerprint density at radius 2 is 2.06 bits per heavy atom. The Kier molecular flexibility index (Phi) is 2.69. The molecular formula is C14H10BrNO. The predicted molar refractivity (Wildman–Crippen MR) is 71.0 cm³/mol. The molecule has 3 heteroatoms. The molecule has 0 unspecified atom stereocenters. The third-order valence-corrected chi connectivity index (χ3v) is 3.11. The van der Waals surface area contributed by atoms with Gasteiger partial charge in [-0.15, -0.1) is 0 Å². The molecule has 0 N–H and O–H groups in total. The number of aromatic nitrogens is 1. The van der Waals surface area contributed by atoms with Crippen LogP contribution in [0.1, 0.15) is 11.1 Å². The monoisotopic (exact) mass is 287 g/mol. The van der Waals surface area contributed by atoms with Gasteiger partial charge in [-0.05, 0) is 51.3 Å². The predicted octanol–water partition coefficient (Wildman–Crippen LogP) is 4.18. The minimum Gasteiger partial charge on any atom is -0.457 e. The maximum absolute atomic E-state index is 5.23. The molecule has 0 bridgehead atoms. The fourth-order valence-electron chi connectivity index (χ4n) is 1.91. The number of furan rings is 1. The number of benzene rings is 1. The first-order chi connectivity index (χ1) is 8.31. The minimum absolute atomic E-state index is 0.773. The molecular weight excluding hydrogens is 278 g/mol. The summed E-state index contributed by atoms with van der Waals surface area (Å²) in [6.07, 6.45) is 4.46. The summed E-state index contributed by atoms with van der Waals surface area (Å²) < 4.78 is 6.00. The number of fused-ring (bicyclic) bond motifs is 1. The van der Waals surface area contributed by atoms with E-state index in [0.717, 1.165) is 16.6 Å². The van der Waals surface area contributed by atoms with Crippen molar-refractivity contribution in [1.82, 2.24) is 4.98 Å². The van der Waals surface area contributed by atoms with Crippen molar-refractivity contribution in [3.05, 3.63) is 64.7 Å². The molecule has 0 saturated carbocycles. The summed E-state index contributed by atoms with van der Waals surface area (Å²) in [5, 5.41) is 1.17. The molecule has 2 heterocycles. The molecule has 17 heavy (non-hydrogen) atoms.